The number of carbonyl (C=O) groups excluding carboxylic acids is 2. The van der Waals surface area contributed by atoms with Crippen LogP contribution in [0.5, 0.6) is 0 Å². The van der Waals surface area contributed by atoms with Crippen molar-refractivity contribution in [2.45, 2.75) is 20.0 Å². The molecule has 0 aliphatic heterocycles. The standard InChI is InChI=1S/C17H15F3N2O2/c1-10-11(2)14(22-16(24)17(18,19)20)9-8-13(10)21-15(23)12-6-4-3-5-7-12/h3-9H,1-2H3,(H,21,23)(H,22,24). The van der Waals surface area contributed by atoms with Crippen molar-refractivity contribution in [1.82, 2.24) is 0 Å². The smallest absolute Gasteiger partial charge is 0.322 e. The van der Waals surface area contributed by atoms with Crippen LogP contribution < -0.4 is 10.6 Å². The number of carbonyl (C=O) groups is 2. The van der Waals surface area contributed by atoms with E-state index in [4.69, 9.17) is 0 Å². The molecule has 0 radical (unpaired) electrons. The number of anilines is 2. The average molecular weight is 336 g/mol. The zero-order chi connectivity index (χ0) is 17.9. The van der Waals surface area contributed by atoms with Gasteiger partial charge >= 0.3 is 12.1 Å². The molecular formula is C17H15F3N2O2. The van der Waals surface area contributed by atoms with E-state index in [0.717, 1.165) is 0 Å². The summed E-state index contributed by atoms with van der Waals surface area (Å²) < 4.78 is 37.0. The number of rotatable bonds is 3. The Morgan fingerprint density at radius 3 is 1.83 bits per heavy atom. The van der Waals surface area contributed by atoms with Crippen LogP contribution in [0, 0.1) is 13.8 Å². The number of hydrogen-bond acceptors (Lipinski definition) is 2. The summed E-state index contributed by atoms with van der Waals surface area (Å²) in [7, 11) is 0. The van der Waals surface area contributed by atoms with Crippen molar-refractivity contribution in [3.05, 3.63) is 59.2 Å². The fourth-order valence-electron chi connectivity index (χ4n) is 2.07. The molecule has 0 heterocycles. The lowest BCUT2D eigenvalue weighted by Crippen LogP contribution is -2.30. The Kier molecular flexibility index (Phi) is 4.92. The maximum Gasteiger partial charge on any atom is 0.471 e. The molecular weight excluding hydrogens is 321 g/mol. The number of benzene rings is 2. The molecule has 2 aromatic carbocycles. The molecule has 0 saturated carbocycles. The summed E-state index contributed by atoms with van der Waals surface area (Å²) in [5.74, 6) is -2.36. The first-order chi connectivity index (χ1) is 11.2. The Morgan fingerprint density at radius 1 is 0.833 bits per heavy atom. The first-order valence-electron chi connectivity index (χ1n) is 7.05. The molecule has 0 saturated heterocycles. The minimum Gasteiger partial charge on any atom is -0.322 e. The second kappa shape index (κ2) is 6.74. The fraction of sp³-hybridized carbons (Fsp3) is 0.176. The van der Waals surface area contributed by atoms with Gasteiger partial charge in [-0.3, -0.25) is 9.59 Å². The fourth-order valence-corrected chi connectivity index (χ4v) is 2.07. The molecule has 0 bridgehead atoms. The molecule has 24 heavy (non-hydrogen) atoms. The topological polar surface area (TPSA) is 58.2 Å². The first-order valence-corrected chi connectivity index (χ1v) is 7.05. The van der Waals surface area contributed by atoms with Crippen molar-refractivity contribution in [3.8, 4) is 0 Å². The molecule has 0 fully saturated rings. The summed E-state index contributed by atoms with van der Waals surface area (Å²) in [6.45, 7) is 3.22. The van der Waals surface area contributed by atoms with Gasteiger partial charge in [0.15, 0.2) is 0 Å². The SMILES string of the molecule is Cc1c(NC(=O)c2ccccc2)ccc(NC(=O)C(F)(F)F)c1C. The molecule has 2 aromatic rings. The molecule has 2 amide bonds. The van der Waals surface area contributed by atoms with Crippen LogP contribution in [0.15, 0.2) is 42.5 Å². The van der Waals surface area contributed by atoms with E-state index in [2.05, 4.69) is 5.32 Å². The molecule has 0 aromatic heterocycles. The van der Waals surface area contributed by atoms with Gasteiger partial charge in [-0.2, -0.15) is 13.2 Å². The van der Waals surface area contributed by atoms with Crippen molar-refractivity contribution in [1.29, 1.82) is 0 Å². The number of alkyl halides is 3. The normalized spacial score (nSPS) is 11.0. The largest absolute Gasteiger partial charge is 0.471 e. The number of hydrogen-bond donors (Lipinski definition) is 2. The zero-order valence-electron chi connectivity index (χ0n) is 13.0. The van der Waals surface area contributed by atoms with E-state index in [1.807, 2.05) is 5.32 Å². The Hall–Kier alpha value is -2.83. The van der Waals surface area contributed by atoms with Crippen molar-refractivity contribution in [2.75, 3.05) is 10.6 Å². The number of amides is 2. The maximum absolute atomic E-state index is 12.3. The maximum atomic E-state index is 12.3. The molecule has 2 rings (SSSR count). The van der Waals surface area contributed by atoms with Crippen LogP contribution in [-0.2, 0) is 4.79 Å². The van der Waals surface area contributed by atoms with Crippen molar-refractivity contribution in [2.24, 2.45) is 0 Å². The minimum absolute atomic E-state index is 0.0486. The highest BCUT2D eigenvalue weighted by atomic mass is 19.4. The highest BCUT2D eigenvalue weighted by Crippen LogP contribution is 2.27. The van der Waals surface area contributed by atoms with Crippen LogP contribution in [0.3, 0.4) is 0 Å². The van der Waals surface area contributed by atoms with E-state index >= 15 is 0 Å². The molecule has 0 atom stereocenters. The van der Waals surface area contributed by atoms with Crippen LogP contribution in [0.2, 0.25) is 0 Å². The van der Waals surface area contributed by atoms with E-state index in [1.54, 1.807) is 44.2 Å². The van der Waals surface area contributed by atoms with Gasteiger partial charge in [-0.05, 0) is 49.2 Å². The highest BCUT2D eigenvalue weighted by molar-refractivity contribution is 6.05. The number of nitrogens with one attached hydrogen (secondary N) is 2. The first kappa shape index (κ1) is 17.5. The Labute approximate surface area is 136 Å². The summed E-state index contributed by atoms with van der Waals surface area (Å²) in [5, 5.41) is 4.53. The minimum atomic E-state index is -4.96. The molecule has 0 aliphatic carbocycles. The van der Waals surface area contributed by atoms with E-state index in [0.29, 0.717) is 22.4 Å². The van der Waals surface area contributed by atoms with Gasteiger partial charge < -0.3 is 10.6 Å². The summed E-state index contributed by atoms with van der Waals surface area (Å²) in [6, 6.07) is 11.3. The molecule has 126 valence electrons. The lowest BCUT2D eigenvalue weighted by atomic mass is 10.1. The van der Waals surface area contributed by atoms with Crippen LogP contribution >= 0.6 is 0 Å². The lowest BCUT2D eigenvalue weighted by Gasteiger charge is -2.16. The third-order valence-corrected chi connectivity index (χ3v) is 3.58. The molecule has 0 aliphatic rings. The Balaban J connectivity index is 2.21. The highest BCUT2D eigenvalue weighted by Gasteiger charge is 2.38. The van der Waals surface area contributed by atoms with Crippen LogP contribution in [0.25, 0.3) is 0 Å². The average Bonchev–Trinajstić information content (AvgIpc) is 2.54. The molecule has 4 nitrogen and oxygen atoms in total. The van der Waals surface area contributed by atoms with E-state index in [1.165, 1.54) is 12.1 Å². The van der Waals surface area contributed by atoms with Gasteiger partial charge in [0.1, 0.15) is 0 Å². The molecule has 2 N–H and O–H groups in total. The summed E-state index contributed by atoms with van der Waals surface area (Å²) in [4.78, 5) is 23.2. The van der Waals surface area contributed by atoms with Gasteiger partial charge in [-0.25, -0.2) is 0 Å². The third kappa shape index (κ3) is 3.92. The third-order valence-electron chi connectivity index (χ3n) is 3.58. The van der Waals surface area contributed by atoms with E-state index in [9.17, 15) is 22.8 Å². The van der Waals surface area contributed by atoms with Crippen LogP contribution in [-0.4, -0.2) is 18.0 Å². The summed E-state index contributed by atoms with van der Waals surface area (Å²) >= 11 is 0. The van der Waals surface area contributed by atoms with Gasteiger partial charge in [-0.1, -0.05) is 18.2 Å². The predicted octanol–water partition coefficient (Wildman–Crippen LogP) is 4.06. The number of halogens is 3. The Morgan fingerprint density at radius 2 is 1.33 bits per heavy atom. The summed E-state index contributed by atoms with van der Waals surface area (Å²) in [6.07, 6.45) is -4.96. The van der Waals surface area contributed by atoms with E-state index in [-0.39, 0.29) is 11.6 Å². The van der Waals surface area contributed by atoms with Crippen LogP contribution in [0.4, 0.5) is 24.5 Å². The lowest BCUT2D eigenvalue weighted by molar-refractivity contribution is -0.167. The Bertz CT molecular complexity index is 771. The van der Waals surface area contributed by atoms with E-state index < -0.39 is 12.1 Å². The second-order valence-electron chi connectivity index (χ2n) is 5.18. The van der Waals surface area contributed by atoms with Gasteiger partial charge in [0.05, 0.1) is 0 Å². The monoisotopic (exact) mass is 336 g/mol. The summed E-state index contributed by atoms with van der Waals surface area (Å²) in [5.41, 5.74) is 1.99. The molecule has 7 heteroatoms. The van der Waals surface area contributed by atoms with Gasteiger partial charge in [-0.15, -0.1) is 0 Å². The quantitative estimate of drug-likeness (QED) is 0.888. The van der Waals surface area contributed by atoms with Gasteiger partial charge in [0.25, 0.3) is 5.91 Å². The van der Waals surface area contributed by atoms with Crippen molar-refractivity contribution >= 4 is 23.2 Å². The predicted molar refractivity (Wildman–Crippen MR) is 85.0 cm³/mol. The molecule has 0 unspecified atom stereocenters. The van der Waals surface area contributed by atoms with Gasteiger partial charge in [0.2, 0.25) is 0 Å². The molecule has 0 spiro atoms. The van der Waals surface area contributed by atoms with Crippen LogP contribution in [0.1, 0.15) is 21.5 Å². The van der Waals surface area contributed by atoms with Gasteiger partial charge in [0, 0.05) is 16.9 Å². The van der Waals surface area contributed by atoms with Crippen molar-refractivity contribution < 1.29 is 22.8 Å². The van der Waals surface area contributed by atoms with Crippen molar-refractivity contribution in [3.63, 3.8) is 0 Å². The second-order valence-corrected chi connectivity index (χ2v) is 5.18. The zero-order valence-corrected chi connectivity index (χ0v) is 13.0.